The fraction of sp³-hybridized carbons (Fsp3) is 0.500. The lowest BCUT2D eigenvalue weighted by molar-refractivity contribution is -0.428. The summed E-state index contributed by atoms with van der Waals surface area (Å²) in [7, 11) is -2.66. The van der Waals surface area contributed by atoms with E-state index in [1.807, 2.05) is 44.2 Å². The van der Waals surface area contributed by atoms with E-state index in [-0.39, 0.29) is 30.3 Å². The molecule has 10 heteroatoms. The van der Waals surface area contributed by atoms with E-state index in [2.05, 4.69) is 5.32 Å². The second-order valence-electron chi connectivity index (χ2n) is 10.2. The molecule has 36 heavy (non-hydrogen) atoms. The lowest BCUT2D eigenvalue weighted by atomic mass is 10.0. The van der Waals surface area contributed by atoms with Gasteiger partial charge in [0.25, 0.3) is 5.69 Å². The van der Waals surface area contributed by atoms with E-state index >= 15 is 0 Å². The van der Waals surface area contributed by atoms with Gasteiger partial charge in [0.05, 0.1) is 17.0 Å². The van der Waals surface area contributed by atoms with Crippen LogP contribution in [-0.4, -0.2) is 66.6 Å². The van der Waals surface area contributed by atoms with Crippen molar-refractivity contribution < 1.29 is 27.8 Å². The number of sulfonamides is 1. The van der Waals surface area contributed by atoms with E-state index in [1.165, 1.54) is 35.6 Å². The number of nitrogens with one attached hydrogen (secondary N) is 1. The van der Waals surface area contributed by atoms with Gasteiger partial charge in [-0.05, 0) is 50.8 Å². The van der Waals surface area contributed by atoms with Crippen molar-refractivity contribution in [2.24, 2.45) is 5.92 Å². The Morgan fingerprint density at radius 2 is 1.64 bits per heavy atom. The molecule has 0 fully saturated rings. The van der Waals surface area contributed by atoms with Crippen LogP contribution in [0, 0.1) is 10.8 Å². The summed E-state index contributed by atoms with van der Waals surface area (Å²) in [4.78, 5) is 24.1. The summed E-state index contributed by atoms with van der Waals surface area (Å²) in [5, 5.41) is 13.9. The number of carbonyl (C=O) groups is 1. The maximum Gasteiger partial charge on any atom is 0.407 e. The van der Waals surface area contributed by atoms with Gasteiger partial charge in [0.15, 0.2) is 7.05 Å². The minimum atomic E-state index is -3.99. The average Bonchev–Trinajstić information content (AvgIpc) is 2.77. The first kappa shape index (κ1) is 29.4. The lowest BCUT2D eigenvalue weighted by Crippen LogP contribution is -2.51. The zero-order valence-corrected chi connectivity index (χ0v) is 22.7. The van der Waals surface area contributed by atoms with E-state index in [0.717, 1.165) is 5.56 Å². The maximum absolute atomic E-state index is 13.5. The number of aliphatic hydroxyl groups is 1. The van der Waals surface area contributed by atoms with Crippen LogP contribution in [0.15, 0.2) is 59.5 Å². The molecule has 2 aromatic rings. The predicted molar refractivity (Wildman–Crippen MR) is 139 cm³/mol. The zero-order chi connectivity index (χ0) is 27.1. The Morgan fingerprint density at radius 1 is 1.06 bits per heavy atom. The minimum Gasteiger partial charge on any atom is -0.444 e. The average molecular weight is 521 g/mol. The predicted octanol–water partition coefficient (Wildman–Crippen LogP) is 3.87. The molecular formula is C26H38N3O6S+. The number of ether oxygens (including phenoxy) is 1. The van der Waals surface area contributed by atoms with E-state index in [0.29, 0.717) is 10.4 Å². The molecule has 0 aliphatic rings. The summed E-state index contributed by atoms with van der Waals surface area (Å²) < 4.78 is 34.2. The van der Waals surface area contributed by atoms with Crippen molar-refractivity contribution in [1.29, 1.82) is 0 Å². The molecule has 0 saturated heterocycles. The number of benzene rings is 2. The molecule has 0 spiro atoms. The number of nitroso groups, excluding NO2 is 1. The Balaban J connectivity index is 2.33. The van der Waals surface area contributed by atoms with E-state index in [1.54, 1.807) is 20.8 Å². The second-order valence-corrected chi connectivity index (χ2v) is 12.2. The fourth-order valence-electron chi connectivity index (χ4n) is 3.60. The molecule has 2 atom stereocenters. The van der Waals surface area contributed by atoms with Gasteiger partial charge in [-0.1, -0.05) is 44.2 Å². The smallest absolute Gasteiger partial charge is 0.407 e. The van der Waals surface area contributed by atoms with Crippen LogP contribution in [0.2, 0.25) is 0 Å². The summed E-state index contributed by atoms with van der Waals surface area (Å²) >= 11 is 0. The fourth-order valence-corrected chi connectivity index (χ4v) is 5.22. The van der Waals surface area contributed by atoms with Crippen molar-refractivity contribution >= 4 is 21.8 Å². The number of nitrogens with zero attached hydrogens (tertiary/aromatic N) is 2. The highest BCUT2D eigenvalue weighted by molar-refractivity contribution is 7.89. The minimum absolute atomic E-state index is 0.0145. The molecule has 0 aromatic heterocycles. The molecule has 0 saturated carbocycles. The molecule has 2 unspecified atom stereocenters. The van der Waals surface area contributed by atoms with Crippen LogP contribution in [0.25, 0.3) is 0 Å². The summed E-state index contributed by atoms with van der Waals surface area (Å²) in [5.74, 6) is -0.0228. The number of amides is 1. The lowest BCUT2D eigenvalue weighted by Gasteiger charge is -2.31. The molecule has 0 bridgehead atoms. The molecule has 198 valence electrons. The Hall–Kier alpha value is -2.82. The van der Waals surface area contributed by atoms with Gasteiger partial charge in [0, 0.05) is 34.9 Å². The molecular weight excluding hydrogens is 482 g/mol. The van der Waals surface area contributed by atoms with Crippen LogP contribution in [0.1, 0.15) is 40.2 Å². The number of rotatable bonds is 11. The Morgan fingerprint density at radius 3 is 2.14 bits per heavy atom. The monoisotopic (exact) mass is 520 g/mol. The van der Waals surface area contributed by atoms with Gasteiger partial charge in [0.1, 0.15) is 5.60 Å². The van der Waals surface area contributed by atoms with Crippen LogP contribution in [0.3, 0.4) is 0 Å². The van der Waals surface area contributed by atoms with Crippen LogP contribution in [0.5, 0.6) is 0 Å². The first-order valence-electron chi connectivity index (χ1n) is 11.9. The molecule has 0 radical (unpaired) electrons. The molecule has 9 nitrogen and oxygen atoms in total. The molecule has 2 rings (SSSR count). The molecule has 2 N–H and O–H groups in total. The third-order valence-electron chi connectivity index (χ3n) is 5.26. The first-order valence-corrected chi connectivity index (χ1v) is 13.4. The van der Waals surface area contributed by atoms with Gasteiger partial charge in [-0.3, -0.25) is 0 Å². The third-order valence-corrected chi connectivity index (χ3v) is 7.11. The van der Waals surface area contributed by atoms with Crippen molar-refractivity contribution in [2.45, 2.75) is 63.7 Å². The Bertz CT molecular complexity index is 1110. The van der Waals surface area contributed by atoms with Gasteiger partial charge < -0.3 is 15.2 Å². The summed E-state index contributed by atoms with van der Waals surface area (Å²) in [6.45, 7) is 8.89. The topological polar surface area (TPSA) is 116 Å². The number of hydrogen-bond acceptors (Lipinski definition) is 6. The normalized spacial score (nSPS) is 13.9. The number of carbonyl (C=O) groups excluding carboxylic acids is 1. The van der Waals surface area contributed by atoms with Crippen LogP contribution < -0.4 is 5.32 Å². The Kier molecular flexibility index (Phi) is 10.2. The van der Waals surface area contributed by atoms with Gasteiger partial charge >= 0.3 is 6.09 Å². The number of alkyl carbamates (subject to hydrolysis) is 1. The van der Waals surface area contributed by atoms with Crippen molar-refractivity contribution in [3.8, 4) is 0 Å². The zero-order valence-electron chi connectivity index (χ0n) is 21.8. The van der Waals surface area contributed by atoms with Crippen LogP contribution in [-0.2, 0) is 21.2 Å². The Labute approximate surface area is 214 Å². The first-order chi connectivity index (χ1) is 16.7. The largest absolute Gasteiger partial charge is 0.444 e. The summed E-state index contributed by atoms with van der Waals surface area (Å²) in [6.07, 6.45) is -1.64. The van der Waals surface area contributed by atoms with E-state index in [9.17, 15) is 23.2 Å². The van der Waals surface area contributed by atoms with Gasteiger partial charge in [0.2, 0.25) is 10.0 Å². The molecule has 0 heterocycles. The molecule has 0 aliphatic carbocycles. The quantitative estimate of drug-likeness (QED) is 0.435. The van der Waals surface area contributed by atoms with Crippen molar-refractivity contribution in [3.63, 3.8) is 0 Å². The molecule has 0 aliphatic heterocycles. The van der Waals surface area contributed by atoms with Gasteiger partial charge in [-0.2, -0.15) is 4.31 Å². The van der Waals surface area contributed by atoms with E-state index in [4.69, 9.17) is 4.74 Å². The highest BCUT2D eigenvalue weighted by Crippen LogP contribution is 2.22. The van der Waals surface area contributed by atoms with E-state index < -0.39 is 33.9 Å². The molecule has 1 amide bonds. The van der Waals surface area contributed by atoms with Crippen molar-refractivity contribution in [3.05, 3.63) is 65.1 Å². The maximum atomic E-state index is 13.5. The van der Waals surface area contributed by atoms with Crippen LogP contribution >= 0.6 is 0 Å². The van der Waals surface area contributed by atoms with Gasteiger partial charge in [-0.25, -0.2) is 13.2 Å². The standard InChI is InChI=1S/C26H37N3O6S/c1-19(2)17-29(36(33,34)22-14-12-21(13-15-22)28(6)32)18-24(30)23(16-20-10-8-7-9-11-20)27-25(31)35-26(3,4)5/h7-15,19,23-24,30H,16-18H2,1-6H3/p+1. The highest BCUT2D eigenvalue weighted by atomic mass is 32.2. The van der Waals surface area contributed by atoms with Gasteiger partial charge in [-0.15, -0.1) is 0 Å². The van der Waals surface area contributed by atoms with Crippen LogP contribution in [0.4, 0.5) is 10.5 Å². The SMILES string of the molecule is CC(C)CN(CC(O)C(Cc1ccccc1)NC(=O)OC(C)(C)C)S(=O)(=O)c1ccc([N+](C)=O)cc1. The third kappa shape index (κ3) is 9.00. The van der Waals surface area contributed by atoms with Crippen molar-refractivity contribution in [2.75, 3.05) is 20.1 Å². The summed E-state index contributed by atoms with van der Waals surface area (Å²) in [6, 6.07) is 14.1. The summed E-state index contributed by atoms with van der Waals surface area (Å²) in [5.41, 5.74) is 0.464. The van der Waals surface area contributed by atoms with Crippen molar-refractivity contribution in [1.82, 2.24) is 9.62 Å². The number of aliphatic hydroxyl groups excluding tert-OH is 1. The second kappa shape index (κ2) is 12.4. The molecule has 2 aromatic carbocycles. The number of hydrogen-bond donors (Lipinski definition) is 2. The highest BCUT2D eigenvalue weighted by Gasteiger charge is 2.32.